The summed E-state index contributed by atoms with van der Waals surface area (Å²) in [5, 5.41) is 0.381. The molecule has 92 valence electrons. The van der Waals surface area contributed by atoms with Gasteiger partial charge in [-0.05, 0) is 29.8 Å². The average molecular weight is 263 g/mol. The third kappa shape index (κ3) is 1.71. The summed E-state index contributed by atoms with van der Waals surface area (Å²) in [6.45, 7) is 0. The summed E-state index contributed by atoms with van der Waals surface area (Å²) < 4.78 is 2.31. The number of thioether (sulfide) groups is 1. The second-order valence-corrected chi connectivity index (χ2v) is 5.83. The van der Waals surface area contributed by atoms with E-state index < -0.39 is 0 Å². The Balaban J connectivity index is 1.91. The van der Waals surface area contributed by atoms with Gasteiger partial charge in [0.1, 0.15) is 0 Å². The Morgan fingerprint density at radius 1 is 0.789 bits per heavy atom. The van der Waals surface area contributed by atoms with Gasteiger partial charge in [-0.15, -0.1) is 11.8 Å². The number of benzene rings is 2. The maximum Gasteiger partial charge on any atom is 0.0750 e. The molecule has 0 N–H and O–H groups in total. The Morgan fingerprint density at radius 2 is 1.58 bits per heavy atom. The van der Waals surface area contributed by atoms with Gasteiger partial charge in [-0.3, -0.25) is 0 Å². The summed E-state index contributed by atoms with van der Waals surface area (Å²) in [7, 11) is 0. The van der Waals surface area contributed by atoms with Crippen LogP contribution in [0.25, 0.3) is 5.69 Å². The van der Waals surface area contributed by atoms with Gasteiger partial charge in [-0.25, -0.2) is 0 Å². The molecule has 3 aromatic rings. The normalized spacial score (nSPS) is 16.7. The van der Waals surface area contributed by atoms with E-state index in [1.807, 2.05) is 11.8 Å². The van der Waals surface area contributed by atoms with Crippen molar-refractivity contribution in [3.8, 4) is 5.69 Å². The molecule has 4 rings (SSSR count). The van der Waals surface area contributed by atoms with Crippen molar-refractivity contribution in [2.45, 2.75) is 10.1 Å². The highest BCUT2D eigenvalue weighted by molar-refractivity contribution is 8.00. The van der Waals surface area contributed by atoms with E-state index in [1.165, 1.54) is 21.8 Å². The van der Waals surface area contributed by atoms with Crippen LogP contribution in [-0.4, -0.2) is 4.57 Å². The summed E-state index contributed by atoms with van der Waals surface area (Å²) in [6.07, 6.45) is 2.16. The van der Waals surface area contributed by atoms with E-state index in [0.29, 0.717) is 5.25 Å². The minimum atomic E-state index is 0.381. The molecule has 0 saturated carbocycles. The maximum absolute atomic E-state index is 2.31. The highest BCUT2D eigenvalue weighted by atomic mass is 32.2. The van der Waals surface area contributed by atoms with Crippen LogP contribution < -0.4 is 0 Å². The van der Waals surface area contributed by atoms with E-state index >= 15 is 0 Å². The number of hydrogen-bond acceptors (Lipinski definition) is 1. The van der Waals surface area contributed by atoms with Crippen molar-refractivity contribution >= 4 is 11.8 Å². The van der Waals surface area contributed by atoms with Crippen LogP contribution in [0.4, 0.5) is 0 Å². The van der Waals surface area contributed by atoms with Crippen molar-refractivity contribution in [3.05, 3.63) is 84.2 Å². The van der Waals surface area contributed by atoms with Gasteiger partial charge in [-0.2, -0.15) is 0 Å². The van der Waals surface area contributed by atoms with E-state index in [0.717, 1.165) is 0 Å². The molecule has 1 aliphatic heterocycles. The van der Waals surface area contributed by atoms with Crippen molar-refractivity contribution in [2.24, 2.45) is 0 Å². The number of hydrogen-bond donors (Lipinski definition) is 0. The summed E-state index contributed by atoms with van der Waals surface area (Å²) in [4.78, 5) is 1.35. The van der Waals surface area contributed by atoms with Gasteiger partial charge in [0.2, 0.25) is 0 Å². The lowest BCUT2D eigenvalue weighted by atomic mass is 10.1. The van der Waals surface area contributed by atoms with Crippen LogP contribution in [0, 0.1) is 0 Å². The highest BCUT2D eigenvalue weighted by Gasteiger charge is 2.25. The molecule has 2 aromatic carbocycles. The molecule has 2 heteroatoms. The van der Waals surface area contributed by atoms with Crippen molar-refractivity contribution in [2.75, 3.05) is 0 Å². The Bertz CT molecular complexity index is 715. The van der Waals surface area contributed by atoms with Gasteiger partial charge in [-0.1, -0.05) is 42.5 Å². The fourth-order valence-corrected chi connectivity index (χ4v) is 3.94. The fraction of sp³-hybridized carbons (Fsp3) is 0.0588. The highest BCUT2D eigenvalue weighted by Crippen LogP contribution is 2.47. The summed E-state index contributed by atoms with van der Waals surface area (Å²) >= 11 is 1.94. The molecule has 0 unspecified atom stereocenters. The SMILES string of the molecule is c1ccc([C@@H]2Sc3ccccc3-n3cccc32)cc1. The fourth-order valence-electron chi connectivity index (χ4n) is 2.64. The first-order chi connectivity index (χ1) is 9.43. The minimum Gasteiger partial charge on any atom is -0.318 e. The lowest BCUT2D eigenvalue weighted by Crippen LogP contribution is -2.10. The molecule has 2 heterocycles. The van der Waals surface area contributed by atoms with E-state index in [4.69, 9.17) is 0 Å². The van der Waals surface area contributed by atoms with Crippen molar-refractivity contribution in [3.63, 3.8) is 0 Å². The van der Waals surface area contributed by atoms with E-state index in [2.05, 4.69) is 77.5 Å². The molecule has 0 spiro atoms. The van der Waals surface area contributed by atoms with Crippen LogP contribution in [0.1, 0.15) is 16.5 Å². The molecular weight excluding hydrogens is 250 g/mol. The van der Waals surface area contributed by atoms with Gasteiger partial charge in [0.15, 0.2) is 0 Å². The molecule has 19 heavy (non-hydrogen) atoms. The van der Waals surface area contributed by atoms with Crippen LogP contribution in [0.15, 0.2) is 77.8 Å². The molecular formula is C17H13NS. The van der Waals surface area contributed by atoms with Gasteiger partial charge in [0.25, 0.3) is 0 Å². The predicted octanol–water partition coefficient (Wildman–Crippen LogP) is 4.67. The van der Waals surface area contributed by atoms with Crippen LogP contribution >= 0.6 is 11.8 Å². The second kappa shape index (κ2) is 4.32. The second-order valence-electron chi connectivity index (χ2n) is 4.68. The smallest absolute Gasteiger partial charge is 0.0750 e. The predicted molar refractivity (Wildman–Crippen MR) is 79.9 cm³/mol. The Hall–Kier alpha value is -1.93. The van der Waals surface area contributed by atoms with E-state index in [9.17, 15) is 0 Å². The molecule has 0 bridgehead atoms. The molecule has 1 aromatic heterocycles. The summed E-state index contributed by atoms with van der Waals surface area (Å²) in [6, 6.07) is 23.7. The number of rotatable bonds is 1. The number of nitrogens with zero attached hydrogens (tertiary/aromatic N) is 1. The molecule has 0 aliphatic carbocycles. The lowest BCUT2D eigenvalue weighted by molar-refractivity contribution is 0.905. The Labute approximate surface area is 116 Å². The van der Waals surface area contributed by atoms with Gasteiger partial charge >= 0.3 is 0 Å². The lowest BCUT2D eigenvalue weighted by Gasteiger charge is -2.27. The van der Waals surface area contributed by atoms with Crippen molar-refractivity contribution in [1.82, 2.24) is 4.57 Å². The van der Waals surface area contributed by atoms with Crippen LogP contribution in [0.5, 0.6) is 0 Å². The molecule has 1 atom stereocenters. The largest absolute Gasteiger partial charge is 0.318 e. The third-order valence-corrected chi connectivity index (χ3v) is 4.87. The standard InChI is InChI=1S/C17H13NS/c1-2-7-13(8-3-1)17-15-10-6-12-18(15)14-9-4-5-11-16(14)19-17/h1-12,17H/t17-/m0/s1. The minimum absolute atomic E-state index is 0.381. The van der Waals surface area contributed by atoms with Crippen LogP contribution in [0.2, 0.25) is 0 Å². The zero-order valence-electron chi connectivity index (χ0n) is 10.4. The average Bonchev–Trinajstić information content (AvgIpc) is 2.97. The Kier molecular flexibility index (Phi) is 2.49. The monoisotopic (exact) mass is 263 g/mol. The molecule has 1 nitrogen and oxygen atoms in total. The topological polar surface area (TPSA) is 4.93 Å². The van der Waals surface area contributed by atoms with E-state index in [1.54, 1.807) is 0 Å². The number of fused-ring (bicyclic) bond motifs is 3. The van der Waals surface area contributed by atoms with Crippen LogP contribution in [-0.2, 0) is 0 Å². The quantitative estimate of drug-likeness (QED) is 0.617. The number of aromatic nitrogens is 1. The van der Waals surface area contributed by atoms with E-state index in [-0.39, 0.29) is 0 Å². The zero-order chi connectivity index (χ0) is 12.7. The maximum atomic E-state index is 2.31. The first-order valence-electron chi connectivity index (χ1n) is 6.42. The van der Waals surface area contributed by atoms with Gasteiger partial charge in [0, 0.05) is 16.8 Å². The first kappa shape index (κ1) is 10.9. The number of para-hydroxylation sites is 1. The zero-order valence-corrected chi connectivity index (χ0v) is 11.2. The molecule has 0 radical (unpaired) electrons. The third-order valence-electron chi connectivity index (χ3n) is 3.52. The van der Waals surface area contributed by atoms with Crippen LogP contribution in [0.3, 0.4) is 0 Å². The summed E-state index contributed by atoms with van der Waals surface area (Å²) in [5.41, 5.74) is 4.01. The molecule has 0 saturated heterocycles. The summed E-state index contributed by atoms with van der Waals surface area (Å²) in [5.74, 6) is 0. The van der Waals surface area contributed by atoms with Gasteiger partial charge < -0.3 is 4.57 Å². The van der Waals surface area contributed by atoms with Crippen molar-refractivity contribution < 1.29 is 0 Å². The Morgan fingerprint density at radius 3 is 2.47 bits per heavy atom. The molecule has 0 fully saturated rings. The molecule has 1 aliphatic rings. The molecule has 0 amide bonds. The van der Waals surface area contributed by atoms with Crippen molar-refractivity contribution in [1.29, 1.82) is 0 Å². The van der Waals surface area contributed by atoms with Gasteiger partial charge in [0.05, 0.1) is 10.9 Å². The first-order valence-corrected chi connectivity index (χ1v) is 7.30.